The Morgan fingerprint density at radius 1 is 0.786 bits per heavy atom. The lowest BCUT2D eigenvalue weighted by atomic mass is 9.65. The standard InChI is InChI=1S/C37H44N10O9/c1-34(9-3-10-34)25(13-21-27(48)29(50)36(15-38,55-21)23-7-5-19-31(40)42-17-44-46(19)23)53-33(52)54-26(35(2)11-4-12-35)14-22-28(49)30(51)37(16-39,56-22)24-8-6-20-32(41)43-18-45-47(20)24/h5-8,17-18,21-22,25-30,48-51H,3-4,9-14H2,1-2H3,(H2,40,42,44)(H2,41,43,45)/t21-,22-,25?,26?,27-,28-,29-,30-,36+,37+/m1/s1. The van der Waals surface area contributed by atoms with Crippen LogP contribution >= 0.6 is 0 Å². The highest BCUT2D eigenvalue weighted by Gasteiger charge is 2.61. The number of ether oxygens (including phenoxy) is 4. The van der Waals surface area contributed by atoms with Crippen LogP contribution in [0.1, 0.15) is 76.6 Å². The zero-order valence-electron chi connectivity index (χ0n) is 30.8. The molecule has 4 fully saturated rings. The van der Waals surface area contributed by atoms with Crippen molar-refractivity contribution in [1.82, 2.24) is 29.2 Å². The van der Waals surface area contributed by atoms with Crippen LogP contribution in [-0.4, -0.2) is 105 Å². The molecule has 4 aromatic heterocycles. The molecule has 2 unspecified atom stereocenters. The molecule has 0 amide bonds. The summed E-state index contributed by atoms with van der Waals surface area (Å²) in [4.78, 5) is 21.8. The number of hydrogen-bond acceptors (Lipinski definition) is 17. The number of rotatable bonds is 10. The number of aliphatic hydroxyl groups excluding tert-OH is 4. The van der Waals surface area contributed by atoms with Crippen molar-refractivity contribution in [3.05, 3.63) is 48.3 Å². The van der Waals surface area contributed by atoms with Gasteiger partial charge in [-0.3, -0.25) is 0 Å². The van der Waals surface area contributed by atoms with Gasteiger partial charge in [0.15, 0.2) is 11.6 Å². The van der Waals surface area contributed by atoms with Crippen molar-refractivity contribution < 1.29 is 44.2 Å². The summed E-state index contributed by atoms with van der Waals surface area (Å²) >= 11 is 0. The fourth-order valence-electron chi connectivity index (χ4n) is 8.96. The monoisotopic (exact) mass is 772 g/mol. The van der Waals surface area contributed by atoms with Gasteiger partial charge in [-0.15, -0.1) is 0 Å². The van der Waals surface area contributed by atoms with E-state index >= 15 is 0 Å². The topological polar surface area (TPSA) is 295 Å². The number of fused-ring (bicyclic) bond motifs is 2. The highest BCUT2D eigenvalue weighted by atomic mass is 16.7. The van der Waals surface area contributed by atoms with E-state index in [-0.39, 0.29) is 35.9 Å². The number of anilines is 2. The van der Waals surface area contributed by atoms with Crippen LogP contribution in [0.3, 0.4) is 0 Å². The molecule has 4 aliphatic rings. The van der Waals surface area contributed by atoms with E-state index in [1.54, 1.807) is 12.1 Å². The first kappa shape index (κ1) is 37.8. The van der Waals surface area contributed by atoms with E-state index in [0.29, 0.717) is 36.7 Å². The van der Waals surface area contributed by atoms with Gasteiger partial charge < -0.3 is 50.8 Å². The third kappa shape index (κ3) is 5.64. The second-order valence-electron chi connectivity index (χ2n) is 16.1. The minimum Gasteiger partial charge on any atom is -0.430 e. The van der Waals surface area contributed by atoms with Gasteiger partial charge in [0.05, 0.1) is 23.6 Å². The zero-order valence-corrected chi connectivity index (χ0v) is 30.8. The minimum absolute atomic E-state index is 0.0731. The van der Waals surface area contributed by atoms with Crippen LogP contribution < -0.4 is 11.5 Å². The molecule has 10 atom stereocenters. The summed E-state index contributed by atoms with van der Waals surface area (Å²) in [6, 6.07) is 10.3. The van der Waals surface area contributed by atoms with E-state index in [1.165, 1.54) is 33.8 Å². The Bertz CT molecular complexity index is 2090. The molecule has 6 heterocycles. The highest BCUT2D eigenvalue weighted by molar-refractivity contribution is 5.67. The number of carbonyl (C=O) groups excluding carboxylic acids is 1. The summed E-state index contributed by atoms with van der Waals surface area (Å²) in [7, 11) is 0. The molecule has 2 aliphatic heterocycles. The molecule has 19 nitrogen and oxygen atoms in total. The Hall–Kier alpha value is -5.15. The molecule has 0 aromatic carbocycles. The number of nitrogens with two attached hydrogens (primary N) is 2. The second kappa shape index (κ2) is 13.5. The maximum absolute atomic E-state index is 13.9. The Balaban J connectivity index is 1.02. The average Bonchev–Trinajstić information content (AvgIpc) is 3.91. The van der Waals surface area contributed by atoms with Gasteiger partial charge in [-0.1, -0.05) is 26.7 Å². The molecule has 4 aromatic rings. The number of carbonyl (C=O) groups is 1. The summed E-state index contributed by atoms with van der Waals surface area (Å²) in [6.07, 6.45) is -4.69. The lowest BCUT2D eigenvalue weighted by Crippen LogP contribution is -2.48. The van der Waals surface area contributed by atoms with E-state index < -0.39 is 77.0 Å². The molecule has 0 bridgehead atoms. The van der Waals surface area contributed by atoms with Crippen LogP contribution in [0.4, 0.5) is 16.4 Å². The first-order valence-corrected chi connectivity index (χ1v) is 18.7. The molecular weight excluding hydrogens is 728 g/mol. The van der Waals surface area contributed by atoms with Crippen LogP contribution in [0.2, 0.25) is 0 Å². The Kier molecular flexibility index (Phi) is 9.11. The van der Waals surface area contributed by atoms with Crippen molar-refractivity contribution in [2.24, 2.45) is 10.8 Å². The maximum Gasteiger partial charge on any atom is 0.508 e. The summed E-state index contributed by atoms with van der Waals surface area (Å²) in [5, 5.41) is 74.6. The van der Waals surface area contributed by atoms with Gasteiger partial charge in [-0.2, -0.15) is 20.7 Å². The van der Waals surface area contributed by atoms with Crippen molar-refractivity contribution in [3.63, 3.8) is 0 Å². The van der Waals surface area contributed by atoms with E-state index in [2.05, 4.69) is 20.2 Å². The SMILES string of the molecule is CC1(C(C[C@H]2O[C@@](C#N)(c3ccc4c(N)ncnn34)[C@H](O)[C@@H]2O)OC(=O)OC(C[C@H]2O[C@@](C#N)(c3ccc4c(N)ncnn34)[C@H](O)[C@@H]2O)C2(C)CCC2)CCC1. The average molecular weight is 773 g/mol. The third-order valence-electron chi connectivity index (χ3n) is 12.9. The Labute approximate surface area is 320 Å². The van der Waals surface area contributed by atoms with Crippen molar-refractivity contribution in [2.45, 2.75) is 125 Å². The number of nitriles is 2. The summed E-state index contributed by atoms with van der Waals surface area (Å²) in [6.45, 7) is 3.90. The molecule has 19 heteroatoms. The van der Waals surface area contributed by atoms with Gasteiger partial charge >= 0.3 is 6.16 Å². The maximum atomic E-state index is 13.9. The van der Waals surface area contributed by atoms with E-state index in [0.717, 1.165) is 12.8 Å². The molecule has 2 saturated carbocycles. The number of hydrogen-bond donors (Lipinski definition) is 6. The zero-order chi connectivity index (χ0) is 39.8. The molecule has 296 valence electrons. The van der Waals surface area contributed by atoms with Crippen molar-refractivity contribution >= 4 is 28.8 Å². The smallest absolute Gasteiger partial charge is 0.430 e. The highest BCUT2D eigenvalue weighted by Crippen LogP contribution is 2.51. The molecule has 0 radical (unpaired) electrons. The lowest BCUT2D eigenvalue weighted by molar-refractivity contribution is -0.132. The van der Waals surface area contributed by atoms with Gasteiger partial charge in [0.2, 0.25) is 11.2 Å². The van der Waals surface area contributed by atoms with Gasteiger partial charge in [0.1, 0.15) is 72.5 Å². The van der Waals surface area contributed by atoms with E-state index in [4.69, 9.17) is 30.4 Å². The summed E-state index contributed by atoms with van der Waals surface area (Å²) in [5.41, 5.74) is 7.91. The molecule has 2 aliphatic carbocycles. The van der Waals surface area contributed by atoms with Gasteiger partial charge in [-0.05, 0) is 49.9 Å². The largest absolute Gasteiger partial charge is 0.508 e. The molecular formula is C37H44N10O9. The molecule has 0 spiro atoms. The first-order valence-electron chi connectivity index (χ1n) is 18.7. The van der Waals surface area contributed by atoms with Gasteiger partial charge in [-0.25, -0.2) is 23.8 Å². The van der Waals surface area contributed by atoms with E-state index in [9.17, 15) is 35.7 Å². The molecule has 2 saturated heterocycles. The fourth-order valence-corrected chi connectivity index (χ4v) is 8.96. The van der Waals surface area contributed by atoms with Crippen molar-refractivity contribution in [2.75, 3.05) is 11.5 Å². The normalized spacial score (nSPS) is 32.9. The van der Waals surface area contributed by atoms with Crippen LogP contribution in [0, 0.1) is 33.5 Å². The molecule has 8 rings (SSSR count). The number of nitrogens with zero attached hydrogens (tertiary/aromatic N) is 8. The second-order valence-corrected chi connectivity index (χ2v) is 16.1. The molecule has 8 N–H and O–H groups in total. The lowest BCUT2D eigenvalue weighted by Gasteiger charge is -2.46. The minimum atomic E-state index is -2.04. The summed E-state index contributed by atoms with van der Waals surface area (Å²) < 4.78 is 27.3. The fraction of sp³-hybridized carbons (Fsp3) is 0.595. The Morgan fingerprint density at radius 3 is 1.52 bits per heavy atom. The number of aromatic nitrogens is 6. The number of nitrogen functional groups attached to an aromatic ring is 2. The predicted molar refractivity (Wildman–Crippen MR) is 191 cm³/mol. The van der Waals surface area contributed by atoms with Crippen LogP contribution in [0.5, 0.6) is 0 Å². The Morgan fingerprint density at radius 2 is 1.18 bits per heavy atom. The quantitative estimate of drug-likeness (QED) is 0.124. The number of aliphatic hydroxyl groups is 4. The van der Waals surface area contributed by atoms with Gasteiger partial charge in [0, 0.05) is 23.7 Å². The van der Waals surface area contributed by atoms with Crippen LogP contribution in [-0.2, 0) is 30.1 Å². The first-order chi connectivity index (χ1) is 26.7. The van der Waals surface area contributed by atoms with Gasteiger partial charge in [0.25, 0.3) is 0 Å². The predicted octanol–water partition coefficient (Wildman–Crippen LogP) is 1.37. The van der Waals surface area contributed by atoms with Crippen LogP contribution in [0.25, 0.3) is 11.0 Å². The molecule has 56 heavy (non-hydrogen) atoms. The van der Waals surface area contributed by atoms with Crippen molar-refractivity contribution in [1.29, 1.82) is 10.5 Å². The van der Waals surface area contributed by atoms with Crippen LogP contribution in [0.15, 0.2) is 36.9 Å². The summed E-state index contributed by atoms with van der Waals surface area (Å²) in [5.74, 6) is 0.292. The third-order valence-corrected chi connectivity index (χ3v) is 12.9. The van der Waals surface area contributed by atoms with Crippen molar-refractivity contribution in [3.8, 4) is 12.1 Å². The van der Waals surface area contributed by atoms with E-state index in [1.807, 2.05) is 26.0 Å².